The van der Waals surface area contributed by atoms with Crippen LogP contribution in [0.5, 0.6) is 5.88 Å². The number of methoxy groups -OCH3 is 1. The van der Waals surface area contributed by atoms with E-state index in [1.807, 2.05) is 61.5 Å². The Bertz CT molecular complexity index is 1720. The fourth-order valence-corrected chi connectivity index (χ4v) is 4.77. The van der Waals surface area contributed by atoms with Crippen LogP contribution in [0.3, 0.4) is 0 Å². The molecule has 1 N–H and O–H groups in total. The fraction of sp³-hybridized carbons (Fsp3) is 0.258. The molecule has 1 radical (unpaired) electrons. The minimum Gasteiger partial charge on any atom is -0.481 e. The Morgan fingerprint density at radius 2 is 1.71 bits per heavy atom. The van der Waals surface area contributed by atoms with Crippen molar-refractivity contribution >= 4 is 51.4 Å². The van der Waals surface area contributed by atoms with Crippen molar-refractivity contribution in [3.05, 3.63) is 116 Å². The van der Waals surface area contributed by atoms with Crippen LogP contribution in [0.4, 0.5) is 0 Å². The number of hydrogen-bond donors (Lipinski definition) is 1. The van der Waals surface area contributed by atoms with E-state index in [0.717, 1.165) is 52.8 Å². The summed E-state index contributed by atoms with van der Waals surface area (Å²) in [4.78, 5) is 37.1. The Morgan fingerprint density at radius 3 is 2.34 bits per heavy atom. The summed E-state index contributed by atoms with van der Waals surface area (Å²) in [6, 6.07) is 19.5. The van der Waals surface area contributed by atoms with E-state index in [0.29, 0.717) is 36.1 Å². The number of hydrogen-bond acceptors (Lipinski definition) is 7. The summed E-state index contributed by atoms with van der Waals surface area (Å²) in [6.45, 7) is 4.40. The van der Waals surface area contributed by atoms with Crippen molar-refractivity contribution in [2.24, 2.45) is 0 Å². The number of aromatic amines is 1. The van der Waals surface area contributed by atoms with Gasteiger partial charge in [-0.05, 0) is 42.0 Å². The molecule has 3 aromatic heterocycles. The third kappa shape index (κ3) is 7.20. The van der Waals surface area contributed by atoms with E-state index in [1.165, 1.54) is 0 Å². The minimum absolute atomic E-state index is 0. The first kappa shape index (κ1) is 30.8. The molecule has 10 heteroatoms. The average molecular weight is 577 g/mol. The number of ether oxygens (including phenoxy) is 1. The van der Waals surface area contributed by atoms with Crippen molar-refractivity contribution in [3.63, 3.8) is 0 Å². The van der Waals surface area contributed by atoms with Crippen LogP contribution >= 0.6 is 0 Å². The molecule has 0 amide bonds. The largest absolute Gasteiger partial charge is 0.481 e. The van der Waals surface area contributed by atoms with Crippen LogP contribution < -0.4 is 16.1 Å². The first-order chi connectivity index (χ1) is 19.5. The summed E-state index contributed by atoms with van der Waals surface area (Å²) in [5.41, 5.74) is 6.09. The van der Waals surface area contributed by atoms with Crippen molar-refractivity contribution in [1.29, 1.82) is 0 Å². The van der Waals surface area contributed by atoms with Crippen LogP contribution in [0.1, 0.15) is 48.0 Å². The molecule has 2 aromatic carbocycles. The Kier molecular flexibility index (Phi) is 10.6. The SMILES string of the molecule is CCCCc1nc(C)n(Cc2ccc(OC)nc2)c(=O)c1Cc1ccc(-c2ccccc2-c2noc(=O)[nH]2)cc1.[K]. The van der Waals surface area contributed by atoms with Gasteiger partial charge in [-0.1, -0.05) is 73.1 Å². The van der Waals surface area contributed by atoms with E-state index >= 15 is 0 Å². The Morgan fingerprint density at radius 1 is 0.976 bits per heavy atom. The summed E-state index contributed by atoms with van der Waals surface area (Å²) in [5.74, 6) is 0.999. The number of rotatable bonds is 10. The summed E-state index contributed by atoms with van der Waals surface area (Å²) in [6.07, 6.45) is 4.94. The van der Waals surface area contributed by atoms with Crippen LogP contribution in [-0.2, 0) is 19.4 Å². The molecule has 5 aromatic rings. The van der Waals surface area contributed by atoms with Gasteiger partial charge in [-0.3, -0.25) is 18.9 Å². The van der Waals surface area contributed by atoms with E-state index < -0.39 is 5.76 Å². The van der Waals surface area contributed by atoms with Gasteiger partial charge in [-0.15, -0.1) is 0 Å². The van der Waals surface area contributed by atoms with Gasteiger partial charge in [0, 0.05) is 81.2 Å². The monoisotopic (exact) mass is 576 g/mol. The fourth-order valence-electron chi connectivity index (χ4n) is 4.77. The molecule has 0 aliphatic rings. The molecule has 0 saturated heterocycles. The van der Waals surface area contributed by atoms with Gasteiger partial charge >= 0.3 is 5.76 Å². The molecular formula is C31H31KN5O4. The number of pyridine rings is 1. The molecule has 0 fully saturated rings. The van der Waals surface area contributed by atoms with Gasteiger partial charge in [0.15, 0.2) is 5.82 Å². The molecule has 0 spiro atoms. The smallest absolute Gasteiger partial charge is 0.439 e. The van der Waals surface area contributed by atoms with Crippen molar-refractivity contribution in [2.75, 3.05) is 7.11 Å². The maximum Gasteiger partial charge on any atom is 0.439 e. The number of H-pyrrole nitrogens is 1. The molecule has 0 aliphatic carbocycles. The Labute approximate surface area is 280 Å². The maximum absolute atomic E-state index is 13.8. The standard InChI is InChI=1S/C31H31N5O4.K/c1-4-5-10-27-26(30(37)36(20(2)33-27)19-22-13-16-28(39-3)32-18-22)17-21-11-14-23(15-12-21)24-8-6-7-9-25(24)29-34-31(38)40-35-29;/h6-9,11-16,18H,4-5,10,17,19H2,1-3H3,(H,34,35,38);. The number of nitrogens with zero attached hydrogens (tertiary/aromatic N) is 4. The third-order valence-electron chi connectivity index (χ3n) is 6.92. The van der Waals surface area contributed by atoms with Crippen LogP contribution in [0.2, 0.25) is 0 Å². The number of aryl methyl sites for hydroxylation is 2. The molecule has 41 heavy (non-hydrogen) atoms. The second-order valence-electron chi connectivity index (χ2n) is 9.65. The van der Waals surface area contributed by atoms with Crippen molar-refractivity contribution < 1.29 is 9.26 Å². The molecule has 0 bridgehead atoms. The maximum atomic E-state index is 13.8. The molecule has 5 rings (SSSR count). The zero-order chi connectivity index (χ0) is 28.1. The predicted octanol–water partition coefficient (Wildman–Crippen LogP) is 4.57. The van der Waals surface area contributed by atoms with Gasteiger partial charge < -0.3 is 4.74 Å². The summed E-state index contributed by atoms with van der Waals surface area (Å²) >= 11 is 0. The summed E-state index contributed by atoms with van der Waals surface area (Å²) in [5, 5.41) is 3.85. The van der Waals surface area contributed by atoms with Crippen LogP contribution in [0, 0.1) is 6.92 Å². The molecule has 0 unspecified atom stereocenters. The van der Waals surface area contributed by atoms with Crippen molar-refractivity contribution in [2.45, 2.75) is 46.1 Å². The number of nitrogens with one attached hydrogen (secondary N) is 1. The topological polar surface area (TPSA) is 116 Å². The van der Waals surface area contributed by atoms with E-state index in [1.54, 1.807) is 23.9 Å². The number of unbranched alkanes of at least 4 members (excludes halogenated alkanes) is 1. The molecule has 0 saturated carbocycles. The molecule has 3 heterocycles. The van der Waals surface area contributed by atoms with E-state index in [4.69, 9.17) is 14.2 Å². The van der Waals surface area contributed by atoms with Crippen molar-refractivity contribution in [1.82, 2.24) is 24.7 Å². The summed E-state index contributed by atoms with van der Waals surface area (Å²) < 4.78 is 11.6. The Balaban J connectivity index is 0.00000387. The molecule has 205 valence electrons. The van der Waals surface area contributed by atoms with Crippen LogP contribution in [-0.4, -0.2) is 83.2 Å². The Hall–Kier alpha value is -3.15. The van der Waals surface area contributed by atoms with Crippen molar-refractivity contribution in [3.8, 4) is 28.4 Å². The second kappa shape index (κ2) is 14.1. The van der Waals surface area contributed by atoms with Gasteiger partial charge in [-0.25, -0.2) is 14.8 Å². The minimum atomic E-state index is -0.598. The van der Waals surface area contributed by atoms with Gasteiger partial charge in [0.05, 0.1) is 19.3 Å². The molecule has 0 aliphatic heterocycles. The zero-order valence-electron chi connectivity index (χ0n) is 23.8. The quantitative estimate of drug-likeness (QED) is 0.242. The second-order valence-corrected chi connectivity index (χ2v) is 9.65. The number of benzene rings is 2. The average Bonchev–Trinajstić information content (AvgIpc) is 3.42. The van der Waals surface area contributed by atoms with E-state index in [-0.39, 0.29) is 56.9 Å². The normalized spacial score (nSPS) is 10.8. The van der Waals surface area contributed by atoms with Crippen LogP contribution in [0.25, 0.3) is 22.5 Å². The zero-order valence-corrected chi connectivity index (χ0v) is 26.9. The van der Waals surface area contributed by atoms with Gasteiger partial charge in [0.25, 0.3) is 5.56 Å². The molecular weight excluding hydrogens is 545 g/mol. The van der Waals surface area contributed by atoms with Gasteiger partial charge in [-0.2, -0.15) is 0 Å². The third-order valence-corrected chi connectivity index (χ3v) is 6.92. The predicted molar refractivity (Wildman–Crippen MR) is 158 cm³/mol. The van der Waals surface area contributed by atoms with Gasteiger partial charge in [0.2, 0.25) is 5.88 Å². The number of aromatic nitrogens is 5. The molecule has 0 atom stereocenters. The van der Waals surface area contributed by atoms with E-state index in [2.05, 4.69) is 22.0 Å². The van der Waals surface area contributed by atoms with E-state index in [9.17, 15) is 9.59 Å². The van der Waals surface area contributed by atoms with Gasteiger partial charge in [0.1, 0.15) is 5.82 Å². The first-order valence-corrected chi connectivity index (χ1v) is 13.3. The van der Waals surface area contributed by atoms with Crippen LogP contribution in [0.15, 0.2) is 81.0 Å². The molecule has 9 nitrogen and oxygen atoms in total. The summed E-state index contributed by atoms with van der Waals surface area (Å²) in [7, 11) is 1.58. The first-order valence-electron chi connectivity index (χ1n) is 13.3.